The lowest BCUT2D eigenvalue weighted by Gasteiger charge is -2.35. The van der Waals surface area contributed by atoms with E-state index in [0.717, 1.165) is 6.42 Å². The van der Waals surface area contributed by atoms with Gasteiger partial charge in [-0.15, -0.1) is 0 Å². The Bertz CT molecular complexity index is 919. The average molecular weight is 424 g/mol. The van der Waals surface area contributed by atoms with Crippen molar-refractivity contribution in [2.24, 2.45) is 0 Å². The molecule has 0 bridgehead atoms. The topological polar surface area (TPSA) is 79.0 Å². The summed E-state index contributed by atoms with van der Waals surface area (Å²) in [4.78, 5) is 41.1. The number of para-hydroxylation sites is 1. The van der Waals surface area contributed by atoms with Gasteiger partial charge in [0, 0.05) is 31.7 Å². The monoisotopic (exact) mass is 423 g/mol. The fraction of sp³-hybridized carbons (Fsp3) is 0.375. The van der Waals surface area contributed by atoms with E-state index in [-0.39, 0.29) is 24.3 Å². The van der Waals surface area contributed by atoms with Crippen molar-refractivity contribution in [2.45, 2.75) is 20.3 Å². The summed E-state index contributed by atoms with van der Waals surface area (Å²) in [5, 5.41) is 2.67. The third kappa shape index (κ3) is 5.63. The molecule has 0 aromatic heterocycles. The van der Waals surface area contributed by atoms with Crippen molar-refractivity contribution < 1.29 is 19.1 Å². The second kappa shape index (κ2) is 10.6. The van der Waals surface area contributed by atoms with Gasteiger partial charge in [-0.05, 0) is 43.2 Å². The van der Waals surface area contributed by atoms with Crippen LogP contribution in [0.1, 0.15) is 40.1 Å². The van der Waals surface area contributed by atoms with Crippen LogP contribution >= 0.6 is 0 Å². The van der Waals surface area contributed by atoms with Crippen LogP contribution in [0.2, 0.25) is 0 Å². The summed E-state index contributed by atoms with van der Waals surface area (Å²) < 4.78 is 5.47. The van der Waals surface area contributed by atoms with Gasteiger partial charge in [0.2, 0.25) is 5.91 Å². The predicted octanol–water partition coefficient (Wildman–Crippen LogP) is 2.36. The van der Waals surface area contributed by atoms with E-state index in [1.165, 1.54) is 5.56 Å². The molecule has 1 aliphatic rings. The van der Waals surface area contributed by atoms with Gasteiger partial charge in [-0.1, -0.05) is 31.2 Å². The maximum absolute atomic E-state index is 12.7. The van der Waals surface area contributed by atoms with Crippen LogP contribution in [0.4, 0.5) is 0 Å². The first-order chi connectivity index (χ1) is 15.0. The van der Waals surface area contributed by atoms with E-state index in [1.54, 1.807) is 34.1 Å². The summed E-state index contributed by atoms with van der Waals surface area (Å²) in [6, 6.07) is 14.6. The second-order valence-electron chi connectivity index (χ2n) is 7.34. The first kappa shape index (κ1) is 22.3. The summed E-state index contributed by atoms with van der Waals surface area (Å²) >= 11 is 0. The maximum Gasteiger partial charge on any atom is 0.255 e. The number of carbonyl (C=O) groups excluding carboxylic acids is 3. The molecule has 0 atom stereocenters. The lowest BCUT2D eigenvalue weighted by molar-refractivity contribution is -0.131. The molecule has 1 N–H and O–H groups in total. The zero-order chi connectivity index (χ0) is 22.2. The van der Waals surface area contributed by atoms with Crippen molar-refractivity contribution >= 4 is 17.7 Å². The van der Waals surface area contributed by atoms with Crippen molar-refractivity contribution in [1.29, 1.82) is 0 Å². The minimum Gasteiger partial charge on any atom is -0.493 e. The Morgan fingerprint density at radius 2 is 1.55 bits per heavy atom. The van der Waals surface area contributed by atoms with Crippen LogP contribution in [-0.4, -0.2) is 66.9 Å². The lowest BCUT2D eigenvalue weighted by Crippen LogP contribution is -2.52. The Balaban J connectivity index is 1.49. The van der Waals surface area contributed by atoms with E-state index < -0.39 is 0 Å². The van der Waals surface area contributed by atoms with Gasteiger partial charge < -0.3 is 19.9 Å². The van der Waals surface area contributed by atoms with E-state index in [4.69, 9.17) is 4.74 Å². The Morgan fingerprint density at radius 1 is 0.903 bits per heavy atom. The highest BCUT2D eigenvalue weighted by Gasteiger charge is 2.25. The van der Waals surface area contributed by atoms with E-state index in [0.29, 0.717) is 49.7 Å². The van der Waals surface area contributed by atoms with Crippen LogP contribution in [0.15, 0.2) is 48.5 Å². The number of ether oxygens (including phenoxy) is 1. The Kier molecular flexibility index (Phi) is 7.65. The molecule has 1 heterocycles. The number of nitrogens with one attached hydrogen (secondary N) is 1. The molecule has 1 saturated heterocycles. The summed E-state index contributed by atoms with van der Waals surface area (Å²) in [6.07, 6.45) is 0.934. The van der Waals surface area contributed by atoms with Gasteiger partial charge >= 0.3 is 0 Å². The Labute approximate surface area is 183 Å². The number of amides is 3. The number of benzene rings is 2. The van der Waals surface area contributed by atoms with Crippen molar-refractivity contribution in [3.8, 4) is 5.75 Å². The third-order valence-electron chi connectivity index (χ3n) is 5.36. The Hall–Kier alpha value is -3.35. The molecule has 3 amide bonds. The normalized spacial score (nSPS) is 13.6. The largest absolute Gasteiger partial charge is 0.493 e. The molecule has 2 aromatic rings. The van der Waals surface area contributed by atoms with Crippen molar-refractivity contribution in [2.75, 3.05) is 39.3 Å². The number of nitrogens with zero attached hydrogens (tertiary/aromatic N) is 2. The molecule has 0 unspecified atom stereocenters. The summed E-state index contributed by atoms with van der Waals surface area (Å²) in [5.74, 6) is -0.0343. The van der Waals surface area contributed by atoms with Crippen LogP contribution in [0.25, 0.3) is 0 Å². The number of aryl methyl sites for hydroxylation is 1. The van der Waals surface area contributed by atoms with Crippen LogP contribution in [-0.2, 0) is 11.2 Å². The number of hydrogen-bond acceptors (Lipinski definition) is 4. The van der Waals surface area contributed by atoms with Crippen LogP contribution in [0, 0.1) is 0 Å². The molecule has 0 aliphatic carbocycles. The summed E-state index contributed by atoms with van der Waals surface area (Å²) in [6.45, 7) is 6.13. The van der Waals surface area contributed by atoms with E-state index in [2.05, 4.69) is 12.2 Å². The number of carbonyl (C=O) groups is 3. The lowest BCUT2D eigenvalue weighted by atomic mass is 10.1. The molecule has 1 fully saturated rings. The highest BCUT2D eigenvalue weighted by atomic mass is 16.5. The SMILES string of the molecule is CCOc1ccccc1C(=O)NCC(=O)N1CCN(C(=O)c2ccc(CC)cc2)CC1. The zero-order valence-electron chi connectivity index (χ0n) is 18.1. The average Bonchev–Trinajstić information content (AvgIpc) is 2.82. The van der Waals surface area contributed by atoms with E-state index >= 15 is 0 Å². The standard InChI is InChI=1S/C24H29N3O4/c1-3-18-9-11-19(12-10-18)24(30)27-15-13-26(14-16-27)22(28)17-25-23(29)20-7-5-6-8-21(20)31-4-2/h5-12H,3-4,13-17H2,1-2H3,(H,25,29). The molecule has 2 aromatic carbocycles. The fourth-order valence-electron chi connectivity index (χ4n) is 3.52. The molecule has 3 rings (SSSR count). The Morgan fingerprint density at radius 3 is 2.19 bits per heavy atom. The highest BCUT2D eigenvalue weighted by molar-refractivity contribution is 5.99. The summed E-state index contributed by atoms with van der Waals surface area (Å²) in [7, 11) is 0. The van der Waals surface area contributed by atoms with Crippen LogP contribution in [0.3, 0.4) is 0 Å². The van der Waals surface area contributed by atoms with Crippen LogP contribution < -0.4 is 10.1 Å². The number of rotatable bonds is 7. The first-order valence-electron chi connectivity index (χ1n) is 10.7. The predicted molar refractivity (Wildman–Crippen MR) is 118 cm³/mol. The van der Waals surface area contributed by atoms with Gasteiger partial charge in [0.15, 0.2) is 0 Å². The summed E-state index contributed by atoms with van der Waals surface area (Å²) in [5.41, 5.74) is 2.26. The van der Waals surface area contributed by atoms with E-state index in [9.17, 15) is 14.4 Å². The smallest absolute Gasteiger partial charge is 0.255 e. The molecule has 0 radical (unpaired) electrons. The minimum absolute atomic E-state index is 0.0180. The highest BCUT2D eigenvalue weighted by Crippen LogP contribution is 2.17. The molecular formula is C24H29N3O4. The molecule has 31 heavy (non-hydrogen) atoms. The molecule has 7 heteroatoms. The number of hydrogen-bond donors (Lipinski definition) is 1. The van der Waals surface area contributed by atoms with Gasteiger partial charge in [-0.25, -0.2) is 0 Å². The quantitative estimate of drug-likeness (QED) is 0.742. The van der Waals surface area contributed by atoms with Crippen molar-refractivity contribution in [1.82, 2.24) is 15.1 Å². The second-order valence-corrected chi connectivity index (χ2v) is 7.34. The molecular weight excluding hydrogens is 394 g/mol. The van der Waals surface area contributed by atoms with Gasteiger partial charge in [0.1, 0.15) is 5.75 Å². The maximum atomic E-state index is 12.7. The van der Waals surface area contributed by atoms with Gasteiger partial charge in [-0.3, -0.25) is 14.4 Å². The fourth-order valence-corrected chi connectivity index (χ4v) is 3.52. The molecule has 1 aliphatic heterocycles. The molecule has 164 valence electrons. The number of piperazine rings is 1. The van der Waals surface area contributed by atoms with Crippen LogP contribution in [0.5, 0.6) is 5.75 Å². The van der Waals surface area contributed by atoms with Gasteiger partial charge in [0.05, 0.1) is 18.7 Å². The first-order valence-corrected chi connectivity index (χ1v) is 10.7. The van der Waals surface area contributed by atoms with Crippen molar-refractivity contribution in [3.05, 3.63) is 65.2 Å². The molecule has 7 nitrogen and oxygen atoms in total. The van der Waals surface area contributed by atoms with Gasteiger partial charge in [0.25, 0.3) is 11.8 Å². The third-order valence-corrected chi connectivity index (χ3v) is 5.36. The van der Waals surface area contributed by atoms with E-state index in [1.807, 2.05) is 31.2 Å². The molecule has 0 spiro atoms. The molecule has 0 saturated carbocycles. The minimum atomic E-state index is -0.346. The zero-order valence-corrected chi connectivity index (χ0v) is 18.1. The van der Waals surface area contributed by atoms with Gasteiger partial charge in [-0.2, -0.15) is 0 Å². The van der Waals surface area contributed by atoms with Crippen molar-refractivity contribution in [3.63, 3.8) is 0 Å².